The molecule has 4 nitrogen and oxygen atoms in total. The first-order chi connectivity index (χ1) is 13.4. The summed E-state index contributed by atoms with van der Waals surface area (Å²) in [6.07, 6.45) is 5.83. The first kappa shape index (κ1) is 18.3. The van der Waals surface area contributed by atoms with Crippen molar-refractivity contribution in [1.29, 1.82) is 0 Å². The van der Waals surface area contributed by atoms with Gasteiger partial charge in [0.2, 0.25) is 0 Å². The van der Waals surface area contributed by atoms with Gasteiger partial charge in [0.25, 0.3) is 0 Å². The fourth-order valence-corrected chi connectivity index (χ4v) is 3.87. The van der Waals surface area contributed by atoms with Crippen LogP contribution in [0.2, 0.25) is 0 Å². The van der Waals surface area contributed by atoms with Gasteiger partial charge in [-0.2, -0.15) is 0 Å². The lowest BCUT2D eigenvalue weighted by molar-refractivity contribution is -0.101. The zero-order chi connectivity index (χ0) is 18.3. The van der Waals surface area contributed by atoms with E-state index < -0.39 is 0 Å². The van der Waals surface area contributed by atoms with Crippen molar-refractivity contribution in [3.05, 3.63) is 59.7 Å². The molecular formula is C23H28O4. The summed E-state index contributed by atoms with van der Waals surface area (Å²) in [5.74, 6) is 1.56. The van der Waals surface area contributed by atoms with Gasteiger partial charge in [-0.05, 0) is 42.5 Å². The molecule has 0 radical (unpaired) electrons. The average molecular weight is 368 g/mol. The molecule has 144 valence electrons. The SMILES string of the molecule is c1ccc(Cc2ccc3c(c2)OCCOC2CCCC[C@@H]2OCCO3)cc1. The third kappa shape index (κ3) is 5.02. The fraction of sp³-hybridized carbons (Fsp3) is 0.478. The van der Waals surface area contributed by atoms with Crippen molar-refractivity contribution in [3.8, 4) is 11.5 Å². The highest BCUT2D eigenvalue weighted by atomic mass is 16.6. The van der Waals surface area contributed by atoms with Gasteiger partial charge in [-0.15, -0.1) is 0 Å². The first-order valence-corrected chi connectivity index (χ1v) is 10.0. The van der Waals surface area contributed by atoms with E-state index in [4.69, 9.17) is 18.9 Å². The van der Waals surface area contributed by atoms with Crippen molar-refractivity contribution in [2.24, 2.45) is 0 Å². The van der Waals surface area contributed by atoms with E-state index in [1.54, 1.807) is 0 Å². The quantitative estimate of drug-likeness (QED) is 0.788. The molecule has 2 aromatic rings. The van der Waals surface area contributed by atoms with Crippen LogP contribution in [-0.4, -0.2) is 38.6 Å². The van der Waals surface area contributed by atoms with Crippen LogP contribution in [0, 0.1) is 0 Å². The van der Waals surface area contributed by atoms with Crippen molar-refractivity contribution in [2.45, 2.75) is 44.3 Å². The predicted octanol–water partition coefficient (Wildman–Crippen LogP) is 4.39. The Bertz CT molecular complexity index is 716. The number of ether oxygens (including phenoxy) is 4. The minimum atomic E-state index is 0.186. The number of rotatable bonds is 2. The molecule has 4 heteroatoms. The standard InChI is InChI=1S/C23H28O4/c1-2-6-18(7-3-1)16-19-10-11-22-23(17-19)27-15-14-25-21-9-5-4-8-20(21)24-12-13-26-22/h1-3,6-7,10-11,17,20-21H,4-5,8-9,12-16H2/t20-,21?/m0/s1. The minimum Gasteiger partial charge on any atom is -0.487 e. The Morgan fingerprint density at radius 1 is 0.667 bits per heavy atom. The van der Waals surface area contributed by atoms with Gasteiger partial charge < -0.3 is 18.9 Å². The summed E-state index contributed by atoms with van der Waals surface area (Å²) < 4.78 is 24.1. The molecule has 2 aliphatic rings. The lowest BCUT2D eigenvalue weighted by atomic mass is 9.94. The van der Waals surface area contributed by atoms with Gasteiger partial charge in [-0.25, -0.2) is 0 Å². The third-order valence-electron chi connectivity index (χ3n) is 5.25. The summed E-state index contributed by atoms with van der Waals surface area (Å²) in [5, 5.41) is 0. The Morgan fingerprint density at radius 3 is 2.04 bits per heavy atom. The van der Waals surface area contributed by atoms with E-state index in [0.717, 1.165) is 30.8 Å². The smallest absolute Gasteiger partial charge is 0.161 e. The Balaban J connectivity index is 1.45. The van der Waals surface area contributed by atoms with Crippen LogP contribution >= 0.6 is 0 Å². The third-order valence-corrected chi connectivity index (χ3v) is 5.25. The maximum atomic E-state index is 6.07. The predicted molar refractivity (Wildman–Crippen MR) is 105 cm³/mol. The summed E-state index contributed by atoms with van der Waals surface area (Å²) >= 11 is 0. The van der Waals surface area contributed by atoms with Crippen LogP contribution in [0.4, 0.5) is 0 Å². The van der Waals surface area contributed by atoms with E-state index in [9.17, 15) is 0 Å². The van der Waals surface area contributed by atoms with Crippen LogP contribution in [-0.2, 0) is 15.9 Å². The van der Waals surface area contributed by atoms with Crippen LogP contribution in [0.25, 0.3) is 0 Å². The van der Waals surface area contributed by atoms with E-state index in [-0.39, 0.29) is 12.2 Å². The lowest BCUT2D eigenvalue weighted by Crippen LogP contribution is -2.36. The molecule has 0 bridgehead atoms. The molecule has 0 amide bonds. The normalized spacial score (nSPS) is 23.6. The minimum absolute atomic E-state index is 0.186. The van der Waals surface area contributed by atoms with Crippen molar-refractivity contribution < 1.29 is 18.9 Å². The number of hydrogen-bond acceptors (Lipinski definition) is 4. The fourth-order valence-electron chi connectivity index (χ4n) is 3.87. The Morgan fingerprint density at radius 2 is 1.33 bits per heavy atom. The largest absolute Gasteiger partial charge is 0.487 e. The van der Waals surface area contributed by atoms with Gasteiger partial charge >= 0.3 is 0 Å². The van der Waals surface area contributed by atoms with Crippen molar-refractivity contribution >= 4 is 0 Å². The highest BCUT2D eigenvalue weighted by molar-refractivity contribution is 5.44. The summed E-state index contributed by atoms with van der Waals surface area (Å²) in [6.45, 7) is 2.20. The zero-order valence-electron chi connectivity index (χ0n) is 15.8. The van der Waals surface area contributed by atoms with E-state index in [0.29, 0.717) is 26.4 Å². The van der Waals surface area contributed by atoms with Crippen LogP contribution in [0.3, 0.4) is 0 Å². The number of fused-ring (bicyclic) bond motifs is 2. The average Bonchev–Trinajstić information content (AvgIpc) is 2.70. The molecule has 2 atom stereocenters. The van der Waals surface area contributed by atoms with Gasteiger partial charge in [0.1, 0.15) is 13.2 Å². The molecule has 1 heterocycles. The molecule has 1 fully saturated rings. The van der Waals surface area contributed by atoms with Crippen molar-refractivity contribution in [3.63, 3.8) is 0 Å². The second-order valence-corrected chi connectivity index (χ2v) is 7.24. The molecular weight excluding hydrogens is 340 g/mol. The molecule has 0 N–H and O–H groups in total. The van der Waals surface area contributed by atoms with E-state index >= 15 is 0 Å². The Hall–Kier alpha value is -2.04. The summed E-state index contributed by atoms with van der Waals surface area (Å²) in [5.41, 5.74) is 2.49. The lowest BCUT2D eigenvalue weighted by Gasteiger charge is -2.32. The van der Waals surface area contributed by atoms with Gasteiger partial charge in [0.15, 0.2) is 11.5 Å². The van der Waals surface area contributed by atoms with Crippen molar-refractivity contribution in [1.82, 2.24) is 0 Å². The van der Waals surface area contributed by atoms with Crippen molar-refractivity contribution in [2.75, 3.05) is 26.4 Å². The molecule has 1 aliphatic heterocycles. The molecule has 1 unspecified atom stereocenters. The molecule has 4 rings (SSSR count). The summed E-state index contributed by atoms with van der Waals surface area (Å²) in [4.78, 5) is 0. The highest BCUT2D eigenvalue weighted by Gasteiger charge is 2.26. The van der Waals surface area contributed by atoms with Gasteiger partial charge in [-0.1, -0.05) is 49.2 Å². The Labute approximate surface area is 161 Å². The second-order valence-electron chi connectivity index (χ2n) is 7.24. The van der Waals surface area contributed by atoms with E-state index in [1.807, 2.05) is 12.1 Å². The van der Waals surface area contributed by atoms with Crippen LogP contribution < -0.4 is 9.47 Å². The topological polar surface area (TPSA) is 36.9 Å². The zero-order valence-corrected chi connectivity index (χ0v) is 15.8. The second kappa shape index (κ2) is 9.25. The molecule has 1 aliphatic carbocycles. The highest BCUT2D eigenvalue weighted by Crippen LogP contribution is 2.30. The van der Waals surface area contributed by atoms with Crippen LogP contribution in [0.5, 0.6) is 11.5 Å². The van der Waals surface area contributed by atoms with Gasteiger partial charge in [0, 0.05) is 0 Å². The summed E-state index contributed by atoms with van der Waals surface area (Å²) in [7, 11) is 0. The van der Waals surface area contributed by atoms with E-state index in [1.165, 1.54) is 24.0 Å². The first-order valence-electron chi connectivity index (χ1n) is 10.0. The Kier molecular flexibility index (Phi) is 6.28. The number of benzene rings is 2. The van der Waals surface area contributed by atoms with Crippen LogP contribution in [0.1, 0.15) is 36.8 Å². The molecule has 1 saturated carbocycles. The maximum Gasteiger partial charge on any atom is 0.161 e. The monoisotopic (exact) mass is 368 g/mol. The molecule has 0 aromatic heterocycles. The van der Waals surface area contributed by atoms with Crippen LogP contribution in [0.15, 0.2) is 48.5 Å². The van der Waals surface area contributed by atoms with Gasteiger partial charge in [-0.3, -0.25) is 0 Å². The van der Waals surface area contributed by atoms with E-state index in [2.05, 4.69) is 36.4 Å². The number of hydrogen-bond donors (Lipinski definition) is 0. The molecule has 0 saturated heterocycles. The maximum absolute atomic E-state index is 6.07. The molecule has 27 heavy (non-hydrogen) atoms. The molecule has 2 aromatic carbocycles. The summed E-state index contributed by atoms with van der Waals surface area (Å²) in [6, 6.07) is 16.7. The van der Waals surface area contributed by atoms with Gasteiger partial charge in [0.05, 0.1) is 25.4 Å². The molecule has 0 spiro atoms.